The fourth-order valence-electron chi connectivity index (χ4n) is 2.94. The lowest BCUT2D eigenvalue weighted by molar-refractivity contribution is -0.137. The second-order valence-corrected chi connectivity index (χ2v) is 5.15. The third-order valence-corrected chi connectivity index (χ3v) is 3.93. The van der Waals surface area contributed by atoms with Gasteiger partial charge in [0.1, 0.15) is 0 Å². The smallest absolute Gasteiger partial charge is 0.225 e. The molecule has 0 bridgehead atoms. The summed E-state index contributed by atoms with van der Waals surface area (Å²) in [6.45, 7) is 7.46. The van der Waals surface area contributed by atoms with Gasteiger partial charge >= 0.3 is 0 Å². The molecule has 3 heteroatoms. The number of carbonyl (C=O) groups is 1. The molecule has 1 saturated carbocycles. The Hall–Kier alpha value is -0.570. The molecule has 0 atom stereocenters. The molecule has 0 unspecified atom stereocenters. The SMILES string of the molecule is CCCN1CCN(C(=O)C2CCCC2)CC1. The summed E-state index contributed by atoms with van der Waals surface area (Å²) in [5.74, 6) is 0.798. The van der Waals surface area contributed by atoms with Gasteiger partial charge in [0.2, 0.25) is 5.91 Å². The molecule has 1 amide bonds. The summed E-state index contributed by atoms with van der Waals surface area (Å²) in [6, 6.07) is 0. The highest BCUT2D eigenvalue weighted by Gasteiger charge is 2.28. The summed E-state index contributed by atoms with van der Waals surface area (Å²) >= 11 is 0. The van der Waals surface area contributed by atoms with Crippen molar-refractivity contribution in [3.05, 3.63) is 0 Å². The van der Waals surface area contributed by atoms with E-state index in [0.717, 1.165) is 39.0 Å². The van der Waals surface area contributed by atoms with E-state index in [4.69, 9.17) is 0 Å². The van der Waals surface area contributed by atoms with E-state index in [-0.39, 0.29) is 0 Å². The van der Waals surface area contributed by atoms with E-state index in [1.165, 1.54) is 25.8 Å². The number of nitrogens with zero attached hydrogens (tertiary/aromatic N) is 2. The van der Waals surface area contributed by atoms with Crippen LogP contribution in [0, 0.1) is 5.92 Å². The van der Waals surface area contributed by atoms with Gasteiger partial charge in [-0.15, -0.1) is 0 Å². The van der Waals surface area contributed by atoms with Crippen molar-refractivity contribution in [2.75, 3.05) is 32.7 Å². The molecule has 3 nitrogen and oxygen atoms in total. The van der Waals surface area contributed by atoms with E-state index in [1.54, 1.807) is 0 Å². The topological polar surface area (TPSA) is 23.6 Å². The van der Waals surface area contributed by atoms with Crippen molar-refractivity contribution in [2.45, 2.75) is 39.0 Å². The Bertz CT molecular complexity index is 228. The van der Waals surface area contributed by atoms with Crippen LogP contribution in [0.3, 0.4) is 0 Å². The van der Waals surface area contributed by atoms with Crippen molar-refractivity contribution in [3.63, 3.8) is 0 Å². The van der Waals surface area contributed by atoms with Crippen LogP contribution in [0.25, 0.3) is 0 Å². The number of amides is 1. The molecular weight excluding hydrogens is 200 g/mol. The summed E-state index contributed by atoms with van der Waals surface area (Å²) in [4.78, 5) is 16.7. The minimum Gasteiger partial charge on any atom is -0.340 e. The van der Waals surface area contributed by atoms with Crippen molar-refractivity contribution < 1.29 is 4.79 Å². The minimum atomic E-state index is 0.359. The first-order valence-electron chi connectivity index (χ1n) is 6.82. The van der Waals surface area contributed by atoms with Crippen LogP contribution in [0.15, 0.2) is 0 Å². The maximum Gasteiger partial charge on any atom is 0.225 e. The third kappa shape index (κ3) is 2.76. The Kier molecular flexibility index (Phi) is 4.22. The van der Waals surface area contributed by atoms with Gasteiger partial charge in [-0.1, -0.05) is 19.8 Å². The van der Waals surface area contributed by atoms with Gasteiger partial charge in [-0.05, 0) is 25.8 Å². The summed E-state index contributed by atoms with van der Waals surface area (Å²) in [5, 5.41) is 0. The van der Waals surface area contributed by atoms with Crippen molar-refractivity contribution in [3.8, 4) is 0 Å². The molecule has 1 aliphatic carbocycles. The van der Waals surface area contributed by atoms with Crippen molar-refractivity contribution in [1.82, 2.24) is 9.80 Å². The minimum absolute atomic E-state index is 0.359. The average Bonchev–Trinajstić information content (AvgIpc) is 2.83. The van der Waals surface area contributed by atoms with Gasteiger partial charge < -0.3 is 4.90 Å². The van der Waals surface area contributed by atoms with E-state index in [9.17, 15) is 4.79 Å². The standard InChI is InChI=1S/C13H24N2O/c1-2-7-14-8-10-15(11-9-14)13(16)12-5-3-4-6-12/h12H,2-11H2,1H3. The lowest BCUT2D eigenvalue weighted by atomic mass is 10.1. The quantitative estimate of drug-likeness (QED) is 0.729. The first-order valence-corrected chi connectivity index (χ1v) is 6.82. The number of hydrogen-bond acceptors (Lipinski definition) is 2. The molecule has 0 aromatic heterocycles. The molecule has 92 valence electrons. The summed E-state index contributed by atoms with van der Waals surface area (Å²) in [6.07, 6.45) is 6.00. The number of rotatable bonds is 3. The van der Waals surface area contributed by atoms with E-state index in [0.29, 0.717) is 11.8 Å². The van der Waals surface area contributed by atoms with E-state index in [2.05, 4.69) is 16.7 Å². The van der Waals surface area contributed by atoms with Gasteiger partial charge in [-0.2, -0.15) is 0 Å². The maximum atomic E-state index is 12.2. The van der Waals surface area contributed by atoms with Gasteiger partial charge in [0.05, 0.1) is 0 Å². The van der Waals surface area contributed by atoms with Crippen LogP contribution in [0.2, 0.25) is 0 Å². The van der Waals surface area contributed by atoms with Gasteiger partial charge in [0.25, 0.3) is 0 Å². The molecule has 0 aromatic carbocycles. The van der Waals surface area contributed by atoms with Crippen LogP contribution in [0.1, 0.15) is 39.0 Å². The van der Waals surface area contributed by atoms with E-state index in [1.807, 2.05) is 0 Å². The Labute approximate surface area is 98.8 Å². The molecule has 0 spiro atoms. The second kappa shape index (κ2) is 5.67. The highest BCUT2D eigenvalue weighted by Crippen LogP contribution is 2.26. The van der Waals surface area contributed by atoms with Crippen LogP contribution in [0.5, 0.6) is 0 Å². The molecule has 1 saturated heterocycles. The highest BCUT2D eigenvalue weighted by atomic mass is 16.2. The van der Waals surface area contributed by atoms with Crippen LogP contribution in [0.4, 0.5) is 0 Å². The Morgan fingerprint density at radius 1 is 1.12 bits per heavy atom. The summed E-state index contributed by atoms with van der Waals surface area (Å²) < 4.78 is 0. The molecular formula is C13H24N2O. The molecule has 0 aromatic rings. The lowest BCUT2D eigenvalue weighted by Gasteiger charge is -2.35. The molecule has 16 heavy (non-hydrogen) atoms. The predicted molar refractivity (Wildman–Crippen MR) is 65.3 cm³/mol. The monoisotopic (exact) mass is 224 g/mol. The maximum absolute atomic E-state index is 12.2. The van der Waals surface area contributed by atoms with Crippen LogP contribution < -0.4 is 0 Å². The van der Waals surface area contributed by atoms with Crippen molar-refractivity contribution in [2.24, 2.45) is 5.92 Å². The summed E-state index contributed by atoms with van der Waals surface area (Å²) in [7, 11) is 0. The van der Waals surface area contributed by atoms with E-state index >= 15 is 0 Å². The first kappa shape index (κ1) is 11.9. The van der Waals surface area contributed by atoms with Crippen LogP contribution in [-0.2, 0) is 4.79 Å². The average molecular weight is 224 g/mol. The van der Waals surface area contributed by atoms with Gasteiger partial charge in [0.15, 0.2) is 0 Å². The molecule has 1 heterocycles. The molecule has 2 aliphatic rings. The number of hydrogen-bond donors (Lipinski definition) is 0. The molecule has 1 aliphatic heterocycles. The zero-order chi connectivity index (χ0) is 11.4. The Morgan fingerprint density at radius 2 is 1.75 bits per heavy atom. The van der Waals surface area contributed by atoms with Crippen LogP contribution in [-0.4, -0.2) is 48.4 Å². The molecule has 2 fully saturated rings. The predicted octanol–water partition coefficient (Wildman–Crippen LogP) is 1.73. The van der Waals surface area contributed by atoms with Gasteiger partial charge in [0, 0.05) is 32.1 Å². The Morgan fingerprint density at radius 3 is 2.31 bits per heavy atom. The summed E-state index contributed by atoms with van der Waals surface area (Å²) in [5.41, 5.74) is 0. The molecule has 2 rings (SSSR count). The molecule has 0 radical (unpaired) electrons. The molecule has 0 N–H and O–H groups in total. The van der Waals surface area contributed by atoms with Crippen molar-refractivity contribution in [1.29, 1.82) is 0 Å². The lowest BCUT2D eigenvalue weighted by Crippen LogP contribution is -2.50. The van der Waals surface area contributed by atoms with Crippen molar-refractivity contribution >= 4 is 5.91 Å². The second-order valence-electron chi connectivity index (χ2n) is 5.15. The zero-order valence-electron chi connectivity index (χ0n) is 10.5. The zero-order valence-corrected chi connectivity index (χ0v) is 10.5. The normalized spacial score (nSPS) is 23.9. The fourth-order valence-corrected chi connectivity index (χ4v) is 2.94. The largest absolute Gasteiger partial charge is 0.340 e. The van der Waals surface area contributed by atoms with Gasteiger partial charge in [-0.25, -0.2) is 0 Å². The third-order valence-electron chi connectivity index (χ3n) is 3.93. The first-order chi connectivity index (χ1) is 7.81. The number of piperazine rings is 1. The van der Waals surface area contributed by atoms with E-state index < -0.39 is 0 Å². The fraction of sp³-hybridized carbons (Fsp3) is 0.923. The highest BCUT2D eigenvalue weighted by molar-refractivity contribution is 5.79. The van der Waals surface area contributed by atoms with Crippen LogP contribution >= 0.6 is 0 Å². The number of carbonyl (C=O) groups excluding carboxylic acids is 1. The Balaban J connectivity index is 1.77. The van der Waals surface area contributed by atoms with Gasteiger partial charge in [-0.3, -0.25) is 9.69 Å².